The number of ether oxygens (including phenoxy) is 1. The van der Waals surface area contributed by atoms with E-state index in [1.165, 1.54) is 0 Å². The number of carbonyl (C=O) groups excluding carboxylic acids is 2. The Balaban J connectivity index is 1.85. The van der Waals surface area contributed by atoms with Gasteiger partial charge in [-0.05, 0) is 43.7 Å². The van der Waals surface area contributed by atoms with E-state index in [4.69, 9.17) is 4.74 Å². The molecule has 120 valence electrons. The van der Waals surface area contributed by atoms with Gasteiger partial charge in [0.2, 0.25) is 0 Å². The summed E-state index contributed by atoms with van der Waals surface area (Å²) in [5.41, 5.74) is 2.39. The fraction of sp³-hybridized carbons (Fsp3) is 0.222. The molecule has 0 aliphatic heterocycles. The fourth-order valence-corrected chi connectivity index (χ4v) is 2.37. The van der Waals surface area contributed by atoms with Gasteiger partial charge in [0.15, 0.2) is 6.61 Å². The molecule has 0 aliphatic rings. The highest BCUT2D eigenvalue weighted by atomic mass is 79.9. The van der Waals surface area contributed by atoms with Gasteiger partial charge in [-0.2, -0.15) is 0 Å². The SMILES string of the molecule is Cc1cccc(C(=O)OCC(=O)N[C@H](C)c2ccc(Br)cc2)c1. The number of nitrogens with one attached hydrogen (secondary N) is 1. The van der Waals surface area contributed by atoms with E-state index in [1.807, 2.05) is 44.2 Å². The lowest BCUT2D eigenvalue weighted by molar-refractivity contribution is -0.124. The van der Waals surface area contributed by atoms with Crippen molar-refractivity contribution < 1.29 is 14.3 Å². The number of carbonyl (C=O) groups is 2. The molecule has 5 heteroatoms. The van der Waals surface area contributed by atoms with E-state index in [0.29, 0.717) is 5.56 Å². The summed E-state index contributed by atoms with van der Waals surface area (Å²) in [5, 5.41) is 2.80. The van der Waals surface area contributed by atoms with Crippen LogP contribution in [0.15, 0.2) is 53.0 Å². The van der Waals surface area contributed by atoms with Gasteiger partial charge in [-0.15, -0.1) is 0 Å². The Labute approximate surface area is 144 Å². The van der Waals surface area contributed by atoms with Gasteiger partial charge in [-0.3, -0.25) is 4.79 Å². The average molecular weight is 376 g/mol. The summed E-state index contributed by atoms with van der Waals surface area (Å²) < 4.78 is 6.02. The summed E-state index contributed by atoms with van der Waals surface area (Å²) in [6.07, 6.45) is 0. The third-order valence-electron chi connectivity index (χ3n) is 3.34. The number of amides is 1. The smallest absolute Gasteiger partial charge is 0.338 e. The van der Waals surface area contributed by atoms with Crippen molar-refractivity contribution in [3.63, 3.8) is 0 Å². The van der Waals surface area contributed by atoms with Crippen molar-refractivity contribution in [1.82, 2.24) is 5.32 Å². The second-order valence-electron chi connectivity index (χ2n) is 5.29. The second kappa shape index (κ2) is 7.92. The van der Waals surface area contributed by atoms with Crippen LogP contribution in [0.25, 0.3) is 0 Å². The first-order chi connectivity index (χ1) is 11.0. The Kier molecular flexibility index (Phi) is 5.93. The van der Waals surface area contributed by atoms with Crippen LogP contribution in [0.1, 0.15) is 34.5 Å². The summed E-state index contributed by atoms with van der Waals surface area (Å²) in [5.74, 6) is -0.832. The van der Waals surface area contributed by atoms with Crippen LogP contribution in [0.5, 0.6) is 0 Å². The van der Waals surface area contributed by atoms with Crippen LogP contribution in [0, 0.1) is 6.92 Å². The highest BCUT2D eigenvalue weighted by Crippen LogP contribution is 2.16. The van der Waals surface area contributed by atoms with E-state index in [2.05, 4.69) is 21.2 Å². The highest BCUT2D eigenvalue weighted by molar-refractivity contribution is 9.10. The van der Waals surface area contributed by atoms with Crippen molar-refractivity contribution in [3.05, 3.63) is 69.7 Å². The van der Waals surface area contributed by atoms with Crippen LogP contribution in [0.3, 0.4) is 0 Å². The highest BCUT2D eigenvalue weighted by Gasteiger charge is 2.13. The summed E-state index contributed by atoms with van der Waals surface area (Å²) in [7, 11) is 0. The molecule has 23 heavy (non-hydrogen) atoms. The molecular formula is C18H18BrNO3. The molecule has 4 nitrogen and oxygen atoms in total. The van der Waals surface area contributed by atoms with Crippen molar-refractivity contribution >= 4 is 27.8 Å². The Bertz CT molecular complexity index is 698. The van der Waals surface area contributed by atoms with Gasteiger partial charge >= 0.3 is 5.97 Å². The number of hydrogen-bond donors (Lipinski definition) is 1. The molecule has 0 fully saturated rings. The minimum absolute atomic E-state index is 0.159. The second-order valence-corrected chi connectivity index (χ2v) is 6.20. The van der Waals surface area contributed by atoms with Crippen LogP contribution < -0.4 is 5.32 Å². The minimum atomic E-state index is -0.500. The van der Waals surface area contributed by atoms with Gasteiger partial charge in [0.05, 0.1) is 11.6 Å². The van der Waals surface area contributed by atoms with E-state index < -0.39 is 5.97 Å². The van der Waals surface area contributed by atoms with E-state index in [0.717, 1.165) is 15.6 Å². The lowest BCUT2D eigenvalue weighted by atomic mass is 10.1. The first-order valence-corrected chi connectivity index (χ1v) is 8.03. The Morgan fingerprint density at radius 1 is 1.17 bits per heavy atom. The van der Waals surface area contributed by atoms with Crippen LogP contribution >= 0.6 is 15.9 Å². The molecule has 0 saturated heterocycles. The summed E-state index contributed by atoms with van der Waals surface area (Å²) in [4.78, 5) is 23.8. The maximum Gasteiger partial charge on any atom is 0.338 e. The van der Waals surface area contributed by atoms with Gasteiger partial charge in [-0.1, -0.05) is 45.8 Å². The van der Waals surface area contributed by atoms with Crippen LogP contribution in [0.2, 0.25) is 0 Å². The number of aryl methyl sites for hydroxylation is 1. The third kappa shape index (κ3) is 5.21. The zero-order valence-electron chi connectivity index (χ0n) is 13.0. The van der Waals surface area contributed by atoms with Gasteiger partial charge < -0.3 is 10.1 Å². The van der Waals surface area contributed by atoms with Crippen molar-refractivity contribution in [1.29, 1.82) is 0 Å². The molecule has 0 radical (unpaired) electrons. The molecule has 0 heterocycles. The Hall–Kier alpha value is -2.14. The molecule has 0 aromatic heterocycles. The average Bonchev–Trinajstić information content (AvgIpc) is 2.53. The van der Waals surface area contributed by atoms with Crippen molar-refractivity contribution in [2.24, 2.45) is 0 Å². The summed E-state index contributed by atoms with van der Waals surface area (Å²) in [6, 6.07) is 14.6. The number of halogens is 1. The Morgan fingerprint density at radius 3 is 2.52 bits per heavy atom. The van der Waals surface area contributed by atoms with E-state index in [1.54, 1.807) is 18.2 Å². The number of rotatable bonds is 5. The molecule has 2 aromatic carbocycles. The van der Waals surface area contributed by atoms with Gasteiger partial charge in [0.1, 0.15) is 0 Å². The quantitative estimate of drug-likeness (QED) is 0.808. The molecule has 0 unspecified atom stereocenters. The van der Waals surface area contributed by atoms with Gasteiger partial charge in [0.25, 0.3) is 5.91 Å². The maximum absolute atomic E-state index is 11.9. The van der Waals surface area contributed by atoms with Gasteiger partial charge in [0, 0.05) is 4.47 Å². The number of hydrogen-bond acceptors (Lipinski definition) is 3. The first-order valence-electron chi connectivity index (χ1n) is 7.24. The van der Waals surface area contributed by atoms with Crippen molar-refractivity contribution in [2.45, 2.75) is 19.9 Å². The zero-order valence-corrected chi connectivity index (χ0v) is 14.6. The molecule has 2 aromatic rings. The zero-order chi connectivity index (χ0) is 16.8. The largest absolute Gasteiger partial charge is 0.452 e. The number of benzene rings is 2. The molecule has 1 N–H and O–H groups in total. The van der Waals surface area contributed by atoms with E-state index in [-0.39, 0.29) is 18.6 Å². The third-order valence-corrected chi connectivity index (χ3v) is 3.86. The summed E-state index contributed by atoms with van der Waals surface area (Å²) in [6.45, 7) is 3.47. The summed E-state index contributed by atoms with van der Waals surface area (Å²) >= 11 is 3.37. The van der Waals surface area contributed by atoms with E-state index in [9.17, 15) is 9.59 Å². The van der Waals surface area contributed by atoms with Crippen molar-refractivity contribution in [3.8, 4) is 0 Å². The van der Waals surface area contributed by atoms with Gasteiger partial charge in [-0.25, -0.2) is 4.79 Å². The molecule has 2 rings (SSSR count). The predicted octanol–water partition coefficient (Wildman–Crippen LogP) is 3.79. The van der Waals surface area contributed by atoms with Crippen LogP contribution in [0.4, 0.5) is 0 Å². The molecule has 0 saturated carbocycles. The standard InChI is InChI=1S/C18H18BrNO3/c1-12-4-3-5-15(10-12)18(22)23-11-17(21)20-13(2)14-6-8-16(19)9-7-14/h3-10,13H,11H2,1-2H3,(H,20,21)/t13-/m1/s1. The fourth-order valence-electron chi connectivity index (χ4n) is 2.10. The lowest BCUT2D eigenvalue weighted by Crippen LogP contribution is -2.31. The molecule has 1 amide bonds. The van der Waals surface area contributed by atoms with Crippen LogP contribution in [-0.2, 0) is 9.53 Å². The molecule has 0 spiro atoms. The van der Waals surface area contributed by atoms with E-state index >= 15 is 0 Å². The molecule has 0 bridgehead atoms. The minimum Gasteiger partial charge on any atom is -0.452 e. The normalized spacial score (nSPS) is 11.6. The predicted molar refractivity (Wildman–Crippen MR) is 92.2 cm³/mol. The monoisotopic (exact) mass is 375 g/mol. The topological polar surface area (TPSA) is 55.4 Å². The maximum atomic E-state index is 11.9. The number of esters is 1. The molecule has 0 aliphatic carbocycles. The van der Waals surface area contributed by atoms with Crippen molar-refractivity contribution in [2.75, 3.05) is 6.61 Å². The Morgan fingerprint density at radius 2 is 1.87 bits per heavy atom. The lowest BCUT2D eigenvalue weighted by Gasteiger charge is -2.14. The molecule has 1 atom stereocenters. The van der Waals surface area contributed by atoms with Crippen LogP contribution in [-0.4, -0.2) is 18.5 Å². The molecular weight excluding hydrogens is 358 g/mol. The first kappa shape index (κ1) is 17.2.